The molecule has 0 unspecified atom stereocenters. The fourth-order valence-corrected chi connectivity index (χ4v) is 3.13. The molecule has 1 fully saturated rings. The highest BCUT2D eigenvalue weighted by Gasteiger charge is 2.26. The van der Waals surface area contributed by atoms with E-state index in [0.717, 1.165) is 22.0 Å². The molecule has 0 aliphatic carbocycles. The van der Waals surface area contributed by atoms with Gasteiger partial charge in [-0.3, -0.25) is 9.59 Å². The number of fused-ring (bicyclic) bond motifs is 1. The third kappa shape index (κ3) is 3.37. The van der Waals surface area contributed by atoms with Gasteiger partial charge in [-0.05, 0) is 24.1 Å². The summed E-state index contributed by atoms with van der Waals surface area (Å²) in [5, 5.41) is 9.95. The number of rotatable bonds is 4. The molecular weight excluding hydrogens is 296 g/mol. The highest BCUT2D eigenvalue weighted by Crippen LogP contribution is 2.23. The molecule has 122 valence electrons. The number of nitrogens with zero attached hydrogens (tertiary/aromatic N) is 1. The number of carboxylic acids is 1. The van der Waals surface area contributed by atoms with Crippen LogP contribution in [0.3, 0.4) is 0 Å². The van der Waals surface area contributed by atoms with E-state index in [1.165, 1.54) is 0 Å². The largest absolute Gasteiger partial charge is 0.481 e. The number of ether oxygens (including phenoxy) is 1. The van der Waals surface area contributed by atoms with Gasteiger partial charge in [0, 0.05) is 30.2 Å². The van der Waals surface area contributed by atoms with Crippen LogP contribution in [0.25, 0.3) is 10.9 Å². The minimum absolute atomic E-state index is 0.00726. The Bertz CT molecular complexity index is 737. The summed E-state index contributed by atoms with van der Waals surface area (Å²) in [6.45, 7) is 3.27. The number of aryl methyl sites for hydroxylation is 1. The molecule has 23 heavy (non-hydrogen) atoms. The molecule has 0 saturated carbocycles. The van der Waals surface area contributed by atoms with Gasteiger partial charge in [0.1, 0.15) is 0 Å². The summed E-state index contributed by atoms with van der Waals surface area (Å²) in [7, 11) is 0. The first kappa shape index (κ1) is 15.6. The van der Waals surface area contributed by atoms with Gasteiger partial charge in [-0.25, -0.2) is 0 Å². The van der Waals surface area contributed by atoms with Crippen molar-refractivity contribution >= 4 is 22.8 Å². The number of hydrogen-bond donors (Lipinski definition) is 2. The Morgan fingerprint density at radius 1 is 1.43 bits per heavy atom. The summed E-state index contributed by atoms with van der Waals surface area (Å²) >= 11 is 0. The molecule has 3 rings (SSSR count). The van der Waals surface area contributed by atoms with Crippen molar-refractivity contribution in [1.29, 1.82) is 0 Å². The van der Waals surface area contributed by atoms with E-state index in [4.69, 9.17) is 9.84 Å². The highest BCUT2D eigenvalue weighted by atomic mass is 16.5. The second kappa shape index (κ2) is 6.42. The molecule has 2 heterocycles. The quantitative estimate of drug-likeness (QED) is 0.900. The molecule has 2 N–H and O–H groups in total. The fourth-order valence-electron chi connectivity index (χ4n) is 3.13. The molecule has 1 aliphatic rings. The van der Waals surface area contributed by atoms with Gasteiger partial charge in [0.15, 0.2) is 0 Å². The number of H-pyrrole nitrogens is 1. The Hall–Kier alpha value is -2.34. The molecule has 6 heteroatoms. The van der Waals surface area contributed by atoms with Gasteiger partial charge in [0.05, 0.1) is 25.6 Å². The van der Waals surface area contributed by atoms with E-state index < -0.39 is 12.1 Å². The Morgan fingerprint density at radius 2 is 2.26 bits per heavy atom. The number of hydrogen-bond acceptors (Lipinski definition) is 3. The van der Waals surface area contributed by atoms with Crippen molar-refractivity contribution in [2.75, 3.05) is 19.7 Å². The number of carbonyl (C=O) groups is 2. The van der Waals surface area contributed by atoms with Crippen molar-refractivity contribution in [2.45, 2.75) is 25.9 Å². The molecule has 1 aliphatic heterocycles. The first-order valence-electron chi connectivity index (χ1n) is 7.71. The monoisotopic (exact) mass is 316 g/mol. The lowest BCUT2D eigenvalue weighted by atomic mass is 10.0. The number of benzene rings is 1. The fraction of sp³-hybridized carbons (Fsp3) is 0.412. The van der Waals surface area contributed by atoms with Gasteiger partial charge in [-0.2, -0.15) is 0 Å². The summed E-state index contributed by atoms with van der Waals surface area (Å²) in [5.41, 5.74) is 3.14. The molecule has 2 aromatic rings. The predicted octanol–water partition coefficient (Wildman–Crippen LogP) is 1.72. The standard InChI is InChI=1S/C17H20N2O4/c1-11-3-2-4-14-17(11)12(9-18-14)7-15(20)19-5-6-23-13(10-19)8-16(21)22/h2-4,9,13,18H,5-8,10H2,1H3,(H,21,22)/t13-/m0/s1. The normalized spacial score (nSPS) is 18.3. The van der Waals surface area contributed by atoms with Crippen molar-refractivity contribution < 1.29 is 19.4 Å². The smallest absolute Gasteiger partial charge is 0.306 e. The van der Waals surface area contributed by atoms with Crippen LogP contribution in [0.4, 0.5) is 0 Å². The number of amides is 1. The zero-order valence-corrected chi connectivity index (χ0v) is 13.0. The van der Waals surface area contributed by atoms with E-state index in [1.807, 2.05) is 31.3 Å². The number of aliphatic carboxylic acids is 1. The van der Waals surface area contributed by atoms with Gasteiger partial charge in [-0.1, -0.05) is 12.1 Å². The first-order valence-corrected chi connectivity index (χ1v) is 7.71. The van der Waals surface area contributed by atoms with Gasteiger partial charge in [0.2, 0.25) is 5.91 Å². The summed E-state index contributed by atoms with van der Waals surface area (Å²) in [4.78, 5) is 28.3. The lowest BCUT2D eigenvalue weighted by Crippen LogP contribution is -2.46. The third-order valence-corrected chi connectivity index (χ3v) is 4.23. The van der Waals surface area contributed by atoms with Crippen LogP contribution in [0.1, 0.15) is 17.5 Å². The number of carboxylic acid groups (broad SMARTS) is 1. The van der Waals surface area contributed by atoms with Crippen LogP contribution in [0.5, 0.6) is 0 Å². The summed E-state index contributed by atoms with van der Waals surface area (Å²) in [5.74, 6) is -0.899. The minimum Gasteiger partial charge on any atom is -0.481 e. The average molecular weight is 316 g/mol. The summed E-state index contributed by atoms with van der Waals surface area (Å²) < 4.78 is 5.41. The van der Waals surface area contributed by atoms with Gasteiger partial charge in [-0.15, -0.1) is 0 Å². The predicted molar refractivity (Wildman–Crippen MR) is 85.3 cm³/mol. The molecule has 1 aromatic carbocycles. The van der Waals surface area contributed by atoms with E-state index in [9.17, 15) is 9.59 Å². The molecule has 1 aromatic heterocycles. The third-order valence-electron chi connectivity index (χ3n) is 4.23. The van der Waals surface area contributed by atoms with Gasteiger partial charge >= 0.3 is 5.97 Å². The van der Waals surface area contributed by atoms with Crippen LogP contribution in [0.15, 0.2) is 24.4 Å². The van der Waals surface area contributed by atoms with Crippen LogP contribution in [0, 0.1) is 6.92 Å². The van der Waals surface area contributed by atoms with Gasteiger partial charge in [0.25, 0.3) is 0 Å². The van der Waals surface area contributed by atoms with Crippen molar-refractivity contribution in [2.24, 2.45) is 0 Å². The molecule has 1 atom stereocenters. The maximum absolute atomic E-state index is 12.6. The maximum atomic E-state index is 12.6. The van der Waals surface area contributed by atoms with Crippen molar-refractivity contribution in [3.63, 3.8) is 0 Å². The Labute approximate surface area is 134 Å². The lowest BCUT2D eigenvalue weighted by Gasteiger charge is -2.32. The van der Waals surface area contributed by atoms with Crippen molar-refractivity contribution in [3.8, 4) is 0 Å². The van der Waals surface area contributed by atoms with Crippen LogP contribution in [-0.2, 0) is 20.7 Å². The number of carbonyl (C=O) groups excluding carboxylic acids is 1. The topological polar surface area (TPSA) is 82.6 Å². The Kier molecular flexibility index (Phi) is 4.34. The van der Waals surface area contributed by atoms with E-state index in [-0.39, 0.29) is 12.3 Å². The number of aromatic amines is 1. The van der Waals surface area contributed by atoms with Gasteiger partial charge < -0.3 is 19.7 Å². The van der Waals surface area contributed by atoms with Crippen LogP contribution < -0.4 is 0 Å². The molecule has 6 nitrogen and oxygen atoms in total. The SMILES string of the molecule is Cc1cccc2[nH]cc(CC(=O)N3CCO[C@@H](CC(=O)O)C3)c12. The highest BCUT2D eigenvalue weighted by molar-refractivity contribution is 5.91. The molecule has 0 radical (unpaired) electrons. The average Bonchev–Trinajstić information content (AvgIpc) is 2.91. The minimum atomic E-state index is -0.906. The van der Waals surface area contributed by atoms with Crippen molar-refractivity contribution in [3.05, 3.63) is 35.5 Å². The lowest BCUT2D eigenvalue weighted by molar-refractivity contribution is -0.147. The zero-order chi connectivity index (χ0) is 16.4. The first-order chi connectivity index (χ1) is 11.0. The molecular formula is C17H20N2O4. The molecule has 1 amide bonds. The van der Waals surface area contributed by atoms with Crippen LogP contribution in [0.2, 0.25) is 0 Å². The summed E-state index contributed by atoms with van der Waals surface area (Å²) in [6.07, 6.45) is 1.70. The van der Waals surface area contributed by atoms with E-state index >= 15 is 0 Å². The summed E-state index contributed by atoms with van der Waals surface area (Å²) in [6, 6.07) is 6.01. The van der Waals surface area contributed by atoms with Crippen molar-refractivity contribution in [1.82, 2.24) is 9.88 Å². The van der Waals surface area contributed by atoms with Crippen LogP contribution in [-0.4, -0.2) is 52.7 Å². The second-order valence-corrected chi connectivity index (χ2v) is 5.92. The number of aromatic nitrogens is 1. The molecule has 0 spiro atoms. The number of morpholine rings is 1. The Balaban J connectivity index is 1.72. The van der Waals surface area contributed by atoms with Crippen LogP contribution >= 0.6 is 0 Å². The Morgan fingerprint density at radius 3 is 3.04 bits per heavy atom. The molecule has 1 saturated heterocycles. The van der Waals surface area contributed by atoms with E-state index in [1.54, 1.807) is 4.90 Å². The second-order valence-electron chi connectivity index (χ2n) is 5.92. The zero-order valence-electron chi connectivity index (χ0n) is 13.0. The molecule has 0 bridgehead atoms. The number of nitrogens with one attached hydrogen (secondary N) is 1. The maximum Gasteiger partial charge on any atom is 0.306 e. The van der Waals surface area contributed by atoms with E-state index in [2.05, 4.69) is 4.98 Å². The van der Waals surface area contributed by atoms with E-state index in [0.29, 0.717) is 26.1 Å².